The van der Waals surface area contributed by atoms with Crippen molar-refractivity contribution in [1.82, 2.24) is 14.9 Å². The maximum Gasteiger partial charge on any atom is 0.326 e. The molecule has 0 bridgehead atoms. The van der Waals surface area contributed by atoms with E-state index >= 15 is 0 Å². The monoisotopic (exact) mass is 257 g/mol. The third-order valence-electron chi connectivity index (χ3n) is 2.28. The molecule has 94 valence electrons. The van der Waals surface area contributed by atoms with Gasteiger partial charge in [-0.15, -0.1) is 5.10 Å². The van der Waals surface area contributed by atoms with E-state index < -0.39 is 17.9 Å². The topological polar surface area (TPSA) is 92.2 Å². The lowest BCUT2D eigenvalue weighted by molar-refractivity contribution is -0.139. The Morgan fingerprint density at radius 1 is 1.47 bits per heavy atom. The number of rotatable bonds is 6. The third kappa shape index (κ3) is 3.48. The van der Waals surface area contributed by atoms with Crippen molar-refractivity contribution in [3.63, 3.8) is 0 Å². The van der Waals surface area contributed by atoms with Crippen LogP contribution in [0.3, 0.4) is 0 Å². The molecule has 1 amide bonds. The van der Waals surface area contributed by atoms with Gasteiger partial charge in [0, 0.05) is 0 Å². The Kier molecular flexibility index (Phi) is 5.02. The molecule has 0 saturated carbocycles. The van der Waals surface area contributed by atoms with Gasteiger partial charge in [0.1, 0.15) is 10.9 Å². The summed E-state index contributed by atoms with van der Waals surface area (Å²) in [6.45, 7) is 3.74. The summed E-state index contributed by atoms with van der Waals surface area (Å²) in [6, 6.07) is -0.848. The highest BCUT2D eigenvalue weighted by Crippen LogP contribution is 2.11. The highest BCUT2D eigenvalue weighted by atomic mass is 32.1. The molecule has 0 fully saturated rings. The number of aryl methyl sites for hydroxylation is 1. The smallest absolute Gasteiger partial charge is 0.326 e. The predicted molar refractivity (Wildman–Crippen MR) is 63.1 cm³/mol. The fourth-order valence-corrected chi connectivity index (χ4v) is 2.04. The van der Waals surface area contributed by atoms with E-state index in [0.717, 1.165) is 11.5 Å². The van der Waals surface area contributed by atoms with E-state index in [1.165, 1.54) is 0 Å². The number of nitrogens with one attached hydrogen (secondary N) is 1. The highest BCUT2D eigenvalue weighted by Gasteiger charge is 2.22. The van der Waals surface area contributed by atoms with Crippen LogP contribution < -0.4 is 5.32 Å². The van der Waals surface area contributed by atoms with Crippen LogP contribution in [0.2, 0.25) is 0 Å². The minimum Gasteiger partial charge on any atom is -0.480 e. The Balaban J connectivity index is 2.73. The molecule has 7 heteroatoms. The Morgan fingerprint density at radius 2 is 2.18 bits per heavy atom. The van der Waals surface area contributed by atoms with E-state index in [0.29, 0.717) is 29.8 Å². The van der Waals surface area contributed by atoms with E-state index in [4.69, 9.17) is 5.11 Å². The zero-order chi connectivity index (χ0) is 12.8. The van der Waals surface area contributed by atoms with Crippen molar-refractivity contribution in [3.05, 3.63) is 10.6 Å². The van der Waals surface area contributed by atoms with Crippen molar-refractivity contribution in [1.29, 1.82) is 0 Å². The average molecular weight is 257 g/mol. The average Bonchev–Trinajstić information content (AvgIpc) is 2.76. The van der Waals surface area contributed by atoms with Gasteiger partial charge in [-0.05, 0) is 24.4 Å². The molecule has 0 aliphatic heterocycles. The summed E-state index contributed by atoms with van der Waals surface area (Å²) in [5.74, 6) is -1.42. The molecule has 1 rings (SSSR count). The first-order valence-corrected chi connectivity index (χ1v) is 6.22. The van der Waals surface area contributed by atoms with Gasteiger partial charge in [0.25, 0.3) is 5.91 Å². The summed E-state index contributed by atoms with van der Waals surface area (Å²) in [5.41, 5.74) is 0.605. The van der Waals surface area contributed by atoms with Crippen molar-refractivity contribution in [2.75, 3.05) is 0 Å². The Bertz CT molecular complexity index is 405. The lowest BCUT2D eigenvalue weighted by Crippen LogP contribution is -2.40. The molecule has 0 spiro atoms. The van der Waals surface area contributed by atoms with Gasteiger partial charge in [0.05, 0.1) is 5.69 Å². The quantitative estimate of drug-likeness (QED) is 0.795. The molecule has 6 nitrogen and oxygen atoms in total. The second-order valence-corrected chi connectivity index (χ2v) is 4.31. The molecule has 0 radical (unpaired) electrons. The maximum atomic E-state index is 11.8. The standard InChI is InChI=1S/C10H15N3O3S/c1-3-5-7(10(15)16)11-9(14)8-6(4-2)12-13-17-8/h7H,3-5H2,1-2H3,(H,11,14)(H,15,16). The van der Waals surface area contributed by atoms with Crippen LogP contribution in [0.4, 0.5) is 0 Å². The van der Waals surface area contributed by atoms with Crippen LogP contribution in [-0.4, -0.2) is 32.6 Å². The van der Waals surface area contributed by atoms with Gasteiger partial charge >= 0.3 is 5.97 Å². The molecule has 1 atom stereocenters. The fourth-order valence-electron chi connectivity index (χ4n) is 1.38. The molecule has 1 unspecified atom stereocenters. The van der Waals surface area contributed by atoms with Crippen LogP contribution in [-0.2, 0) is 11.2 Å². The van der Waals surface area contributed by atoms with Crippen molar-refractivity contribution in [2.24, 2.45) is 0 Å². The summed E-state index contributed by atoms with van der Waals surface area (Å²) in [6.07, 6.45) is 1.71. The minimum atomic E-state index is -1.02. The minimum absolute atomic E-state index is 0.398. The van der Waals surface area contributed by atoms with Crippen molar-refractivity contribution in [2.45, 2.75) is 39.2 Å². The summed E-state index contributed by atoms with van der Waals surface area (Å²) in [5, 5.41) is 15.2. The predicted octanol–water partition coefficient (Wildman–Crippen LogP) is 1.08. The molecular weight excluding hydrogens is 242 g/mol. The van der Waals surface area contributed by atoms with Crippen molar-refractivity contribution < 1.29 is 14.7 Å². The summed E-state index contributed by atoms with van der Waals surface area (Å²) in [7, 11) is 0. The lowest BCUT2D eigenvalue weighted by Gasteiger charge is -2.12. The third-order valence-corrected chi connectivity index (χ3v) is 3.04. The Labute approximate surface area is 103 Å². The summed E-state index contributed by atoms with van der Waals surface area (Å²) < 4.78 is 3.70. The van der Waals surface area contributed by atoms with Gasteiger partial charge in [0.2, 0.25) is 0 Å². The number of aromatic nitrogens is 2. The number of hydrogen-bond acceptors (Lipinski definition) is 5. The molecule has 1 aromatic heterocycles. The number of hydrogen-bond donors (Lipinski definition) is 2. The number of carbonyl (C=O) groups excluding carboxylic acids is 1. The van der Waals surface area contributed by atoms with Crippen LogP contribution in [0.15, 0.2) is 0 Å². The largest absolute Gasteiger partial charge is 0.480 e. The van der Waals surface area contributed by atoms with Gasteiger partial charge in [-0.25, -0.2) is 4.79 Å². The number of amides is 1. The second kappa shape index (κ2) is 6.29. The van der Waals surface area contributed by atoms with Gasteiger partial charge in [-0.1, -0.05) is 24.8 Å². The van der Waals surface area contributed by atoms with E-state index in [-0.39, 0.29) is 0 Å². The zero-order valence-corrected chi connectivity index (χ0v) is 10.6. The lowest BCUT2D eigenvalue weighted by atomic mass is 10.1. The first-order chi connectivity index (χ1) is 8.10. The Hall–Kier alpha value is -1.50. The molecule has 0 aliphatic rings. The first kappa shape index (κ1) is 13.6. The molecule has 2 N–H and O–H groups in total. The van der Waals surface area contributed by atoms with Crippen LogP contribution >= 0.6 is 11.5 Å². The number of carboxylic acids is 1. The zero-order valence-electron chi connectivity index (χ0n) is 9.77. The number of carbonyl (C=O) groups is 2. The van der Waals surface area contributed by atoms with Crippen molar-refractivity contribution in [3.8, 4) is 0 Å². The van der Waals surface area contributed by atoms with Gasteiger partial charge < -0.3 is 10.4 Å². The normalized spacial score (nSPS) is 12.1. The molecule has 0 aromatic carbocycles. The maximum absolute atomic E-state index is 11.8. The molecule has 0 aliphatic carbocycles. The van der Waals surface area contributed by atoms with E-state index in [2.05, 4.69) is 14.9 Å². The van der Waals surface area contributed by atoms with E-state index in [9.17, 15) is 9.59 Å². The van der Waals surface area contributed by atoms with E-state index in [1.54, 1.807) is 0 Å². The molecular formula is C10H15N3O3S. The van der Waals surface area contributed by atoms with E-state index in [1.807, 2.05) is 13.8 Å². The fraction of sp³-hybridized carbons (Fsp3) is 0.600. The molecule has 1 heterocycles. The molecule has 1 aromatic rings. The number of nitrogens with zero attached hydrogens (tertiary/aromatic N) is 2. The summed E-state index contributed by atoms with van der Waals surface area (Å²) >= 11 is 0.988. The van der Waals surface area contributed by atoms with Crippen LogP contribution in [0.5, 0.6) is 0 Å². The Morgan fingerprint density at radius 3 is 2.71 bits per heavy atom. The van der Waals surface area contributed by atoms with Gasteiger partial charge in [-0.3, -0.25) is 4.79 Å². The van der Waals surface area contributed by atoms with Crippen LogP contribution in [0, 0.1) is 0 Å². The SMILES string of the molecule is CCCC(NC(=O)c1snnc1CC)C(=O)O. The van der Waals surface area contributed by atoms with Crippen LogP contribution in [0.25, 0.3) is 0 Å². The molecule has 0 saturated heterocycles. The second-order valence-electron chi connectivity index (χ2n) is 3.56. The summed E-state index contributed by atoms with van der Waals surface area (Å²) in [4.78, 5) is 23.1. The van der Waals surface area contributed by atoms with Gasteiger partial charge in [-0.2, -0.15) is 0 Å². The van der Waals surface area contributed by atoms with Crippen LogP contribution in [0.1, 0.15) is 42.1 Å². The first-order valence-electron chi connectivity index (χ1n) is 5.45. The number of carboxylic acid groups (broad SMARTS) is 1. The van der Waals surface area contributed by atoms with Crippen molar-refractivity contribution >= 4 is 23.4 Å². The van der Waals surface area contributed by atoms with Gasteiger partial charge in [0.15, 0.2) is 0 Å². The number of aliphatic carboxylic acids is 1. The molecule has 17 heavy (non-hydrogen) atoms. The highest BCUT2D eigenvalue weighted by molar-refractivity contribution is 7.08.